The first-order chi connectivity index (χ1) is 13.4. The molecule has 0 fully saturated rings. The number of carbonyl (C=O) groups excluding carboxylic acids is 2. The van der Waals surface area contributed by atoms with E-state index in [4.69, 9.17) is 32.7 Å². The van der Waals surface area contributed by atoms with Gasteiger partial charge in [0.15, 0.2) is 5.57 Å². The van der Waals surface area contributed by atoms with Crippen molar-refractivity contribution < 1.29 is 19.1 Å². The molecule has 5 nitrogen and oxygen atoms in total. The van der Waals surface area contributed by atoms with Crippen LogP contribution in [0.15, 0.2) is 47.0 Å². The van der Waals surface area contributed by atoms with Gasteiger partial charge in [0.25, 0.3) is 0 Å². The summed E-state index contributed by atoms with van der Waals surface area (Å²) in [4.78, 5) is 26.0. The number of ether oxygens (including phenoxy) is 2. The molecule has 0 saturated carbocycles. The third kappa shape index (κ3) is 6.74. The third-order valence-electron chi connectivity index (χ3n) is 3.28. The van der Waals surface area contributed by atoms with Crippen molar-refractivity contribution in [1.29, 1.82) is 0 Å². The largest absolute Gasteiger partial charge is 0.462 e. The standard InChI is InChI=1S/C19H19Cl2NO4S2/c1-3-25-18(23)16(19(24)26-4-2)17(22-13-7-5-12(20)6-8-13)27-11-14-9-10-15(21)28-14/h5-10,22H,3-4,11H2,1-2H3. The van der Waals surface area contributed by atoms with E-state index < -0.39 is 11.9 Å². The lowest BCUT2D eigenvalue weighted by atomic mass is 10.2. The van der Waals surface area contributed by atoms with Crippen LogP contribution in [0, 0.1) is 0 Å². The van der Waals surface area contributed by atoms with Crippen LogP contribution < -0.4 is 5.32 Å². The highest BCUT2D eigenvalue weighted by molar-refractivity contribution is 8.02. The number of thiophene rings is 1. The second-order valence-electron chi connectivity index (χ2n) is 5.27. The molecular weight excluding hydrogens is 441 g/mol. The smallest absolute Gasteiger partial charge is 0.348 e. The van der Waals surface area contributed by atoms with Crippen molar-refractivity contribution in [2.45, 2.75) is 19.6 Å². The highest BCUT2D eigenvalue weighted by atomic mass is 35.5. The van der Waals surface area contributed by atoms with Crippen LogP contribution in [-0.2, 0) is 24.8 Å². The Hall–Kier alpha value is -1.67. The predicted molar refractivity (Wildman–Crippen MR) is 116 cm³/mol. The minimum absolute atomic E-state index is 0.140. The number of esters is 2. The fourth-order valence-corrected chi connectivity index (χ4v) is 4.39. The van der Waals surface area contributed by atoms with Crippen LogP contribution >= 0.6 is 46.3 Å². The van der Waals surface area contributed by atoms with E-state index in [1.165, 1.54) is 23.1 Å². The fraction of sp³-hybridized carbons (Fsp3) is 0.263. The van der Waals surface area contributed by atoms with Crippen molar-refractivity contribution in [1.82, 2.24) is 0 Å². The summed E-state index contributed by atoms with van der Waals surface area (Å²) in [6.45, 7) is 3.63. The molecule has 2 rings (SSSR count). The zero-order valence-corrected chi connectivity index (χ0v) is 18.4. The molecule has 0 spiro atoms. The van der Waals surface area contributed by atoms with Gasteiger partial charge in [-0.3, -0.25) is 0 Å². The molecule has 9 heteroatoms. The van der Waals surface area contributed by atoms with Gasteiger partial charge in [-0.05, 0) is 50.2 Å². The van der Waals surface area contributed by atoms with Crippen LogP contribution in [0.1, 0.15) is 18.7 Å². The summed E-state index contributed by atoms with van der Waals surface area (Å²) in [6, 6.07) is 10.6. The second kappa shape index (κ2) is 11.4. The number of hydrogen-bond donors (Lipinski definition) is 1. The van der Waals surface area contributed by atoms with Crippen molar-refractivity contribution >= 4 is 63.9 Å². The highest BCUT2D eigenvalue weighted by Gasteiger charge is 2.27. The lowest BCUT2D eigenvalue weighted by Gasteiger charge is -2.15. The van der Waals surface area contributed by atoms with Crippen molar-refractivity contribution in [3.63, 3.8) is 0 Å². The average molecular weight is 460 g/mol. The first kappa shape index (κ1) is 22.6. The molecule has 0 aliphatic heterocycles. The van der Waals surface area contributed by atoms with Crippen molar-refractivity contribution in [2.24, 2.45) is 0 Å². The molecule has 0 aliphatic carbocycles. The number of carbonyl (C=O) groups is 2. The van der Waals surface area contributed by atoms with Gasteiger partial charge < -0.3 is 14.8 Å². The highest BCUT2D eigenvalue weighted by Crippen LogP contribution is 2.31. The molecule has 1 aromatic heterocycles. The Kier molecular flexibility index (Phi) is 9.18. The predicted octanol–water partition coefficient (Wildman–Crippen LogP) is 5.74. The third-order valence-corrected chi connectivity index (χ3v) is 5.99. The summed E-state index contributed by atoms with van der Waals surface area (Å²) in [7, 11) is 0. The van der Waals surface area contributed by atoms with Crippen molar-refractivity contribution in [3.05, 3.63) is 61.2 Å². The SMILES string of the molecule is CCOC(=O)C(C(=O)OCC)=C(Nc1ccc(Cl)cc1)SCc1ccc(Cl)s1. The van der Waals surface area contributed by atoms with Crippen LogP contribution in [0.5, 0.6) is 0 Å². The maximum atomic E-state index is 12.5. The maximum Gasteiger partial charge on any atom is 0.348 e. The van der Waals surface area contributed by atoms with Gasteiger partial charge >= 0.3 is 11.9 Å². The number of halogens is 2. The Bertz CT molecular complexity index is 830. The molecule has 1 N–H and O–H groups in total. The van der Waals surface area contributed by atoms with E-state index in [0.717, 1.165) is 4.88 Å². The quantitative estimate of drug-likeness (QED) is 0.223. The van der Waals surface area contributed by atoms with Gasteiger partial charge in [-0.1, -0.05) is 23.2 Å². The lowest BCUT2D eigenvalue weighted by molar-refractivity contribution is -0.146. The maximum absolute atomic E-state index is 12.5. The molecule has 1 aromatic carbocycles. The minimum Gasteiger partial charge on any atom is -0.462 e. The van der Waals surface area contributed by atoms with Crippen molar-refractivity contribution in [3.8, 4) is 0 Å². The summed E-state index contributed by atoms with van der Waals surface area (Å²) in [5, 5.41) is 4.03. The molecule has 0 amide bonds. The Balaban J connectivity index is 2.39. The molecule has 0 unspecified atom stereocenters. The van der Waals surface area contributed by atoms with Gasteiger partial charge in [0.1, 0.15) is 0 Å². The average Bonchev–Trinajstić information content (AvgIpc) is 3.07. The van der Waals surface area contributed by atoms with Crippen LogP contribution in [0.2, 0.25) is 9.36 Å². The first-order valence-corrected chi connectivity index (χ1v) is 11.0. The van der Waals surface area contributed by atoms with E-state index in [0.29, 0.717) is 25.8 Å². The molecule has 2 aromatic rings. The van der Waals surface area contributed by atoms with Gasteiger partial charge in [0, 0.05) is 21.3 Å². The Morgan fingerprint density at radius 3 is 2.11 bits per heavy atom. The summed E-state index contributed by atoms with van der Waals surface area (Å²) >= 11 is 14.6. The van der Waals surface area contributed by atoms with E-state index in [-0.39, 0.29) is 18.8 Å². The van der Waals surface area contributed by atoms with E-state index in [1.807, 2.05) is 6.07 Å². The molecule has 28 heavy (non-hydrogen) atoms. The number of anilines is 1. The summed E-state index contributed by atoms with van der Waals surface area (Å²) < 4.78 is 10.8. The molecular formula is C19H19Cl2NO4S2. The Labute approximate surface area is 182 Å². The number of nitrogens with one attached hydrogen (secondary N) is 1. The van der Waals surface area contributed by atoms with Gasteiger partial charge in [-0.2, -0.15) is 0 Å². The zero-order chi connectivity index (χ0) is 20.5. The number of thioether (sulfide) groups is 1. The Morgan fingerprint density at radius 2 is 1.61 bits per heavy atom. The van der Waals surface area contributed by atoms with E-state index in [1.54, 1.807) is 44.2 Å². The number of benzene rings is 1. The van der Waals surface area contributed by atoms with E-state index >= 15 is 0 Å². The van der Waals surface area contributed by atoms with Gasteiger partial charge in [0.2, 0.25) is 0 Å². The number of rotatable bonds is 9. The monoisotopic (exact) mass is 459 g/mol. The normalized spacial score (nSPS) is 10.3. The van der Waals surface area contributed by atoms with Crippen LogP contribution in [0.4, 0.5) is 5.69 Å². The minimum atomic E-state index is -0.742. The van der Waals surface area contributed by atoms with Gasteiger partial charge in [0.05, 0.1) is 22.6 Å². The van der Waals surface area contributed by atoms with Gasteiger partial charge in [-0.15, -0.1) is 23.1 Å². The zero-order valence-electron chi connectivity index (χ0n) is 15.3. The molecule has 150 valence electrons. The van der Waals surface area contributed by atoms with Gasteiger partial charge in [-0.25, -0.2) is 9.59 Å². The molecule has 0 radical (unpaired) electrons. The Morgan fingerprint density at radius 1 is 1.00 bits per heavy atom. The topological polar surface area (TPSA) is 64.6 Å². The van der Waals surface area contributed by atoms with Crippen LogP contribution in [0.25, 0.3) is 0 Å². The lowest BCUT2D eigenvalue weighted by Crippen LogP contribution is -2.22. The molecule has 0 saturated heterocycles. The van der Waals surface area contributed by atoms with Crippen LogP contribution in [-0.4, -0.2) is 25.2 Å². The molecule has 1 heterocycles. The van der Waals surface area contributed by atoms with E-state index in [9.17, 15) is 9.59 Å². The number of hydrogen-bond acceptors (Lipinski definition) is 7. The molecule has 0 atom stereocenters. The fourth-order valence-electron chi connectivity index (χ4n) is 2.08. The first-order valence-electron chi connectivity index (χ1n) is 8.42. The van der Waals surface area contributed by atoms with Crippen molar-refractivity contribution in [2.75, 3.05) is 18.5 Å². The molecule has 0 bridgehead atoms. The molecule has 0 aliphatic rings. The van der Waals surface area contributed by atoms with E-state index in [2.05, 4.69) is 5.32 Å². The summed E-state index contributed by atoms with van der Waals surface area (Å²) in [6.07, 6.45) is 0. The summed E-state index contributed by atoms with van der Waals surface area (Å²) in [5.74, 6) is -0.974. The summed E-state index contributed by atoms with van der Waals surface area (Å²) in [5.41, 5.74) is 0.494. The van der Waals surface area contributed by atoms with Crippen LogP contribution in [0.3, 0.4) is 0 Å². The second-order valence-corrected chi connectivity index (χ2v) is 8.49.